The van der Waals surface area contributed by atoms with Crippen LogP contribution in [0, 0.1) is 34.6 Å². The number of hydrogen-bond acceptors (Lipinski definition) is 5. The number of nitrogens with zero attached hydrogens (tertiary/aromatic N) is 1. The molecule has 0 saturated carbocycles. The van der Waals surface area contributed by atoms with Gasteiger partial charge in [-0.25, -0.2) is 0 Å². The molecular formula is C29H29NO4. The van der Waals surface area contributed by atoms with Gasteiger partial charge >= 0.3 is 0 Å². The minimum Gasteiger partial charge on any atom is -0.508 e. The predicted octanol–water partition coefficient (Wildman–Crippen LogP) is 7.61. The van der Waals surface area contributed by atoms with Gasteiger partial charge in [0.25, 0.3) is 0 Å². The highest BCUT2D eigenvalue weighted by Gasteiger charge is 2.24. The van der Waals surface area contributed by atoms with Gasteiger partial charge in [0.2, 0.25) is 0 Å². The van der Waals surface area contributed by atoms with Crippen molar-refractivity contribution in [2.75, 3.05) is 4.90 Å². The van der Waals surface area contributed by atoms with Gasteiger partial charge in [0.05, 0.1) is 17.1 Å². The van der Waals surface area contributed by atoms with Crippen LogP contribution in [0.2, 0.25) is 0 Å². The van der Waals surface area contributed by atoms with Gasteiger partial charge in [-0.05, 0) is 93.3 Å². The van der Waals surface area contributed by atoms with E-state index in [1.165, 1.54) is 0 Å². The van der Waals surface area contributed by atoms with E-state index in [1.807, 2.05) is 69.0 Å². The molecule has 0 aromatic heterocycles. The van der Waals surface area contributed by atoms with E-state index in [4.69, 9.17) is 4.74 Å². The molecule has 0 radical (unpaired) electrons. The lowest BCUT2D eigenvalue weighted by molar-refractivity contribution is 0.448. The third-order valence-corrected chi connectivity index (χ3v) is 5.86. The molecule has 0 heterocycles. The molecule has 0 saturated heterocycles. The highest BCUT2D eigenvalue weighted by molar-refractivity contribution is 5.86. The first-order valence-electron chi connectivity index (χ1n) is 11.1. The average molecular weight is 456 g/mol. The maximum atomic E-state index is 11.0. The molecule has 3 N–H and O–H groups in total. The quantitative estimate of drug-likeness (QED) is 0.289. The zero-order valence-electron chi connectivity index (χ0n) is 20.0. The average Bonchev–Trinajstić information content (AvgIpc) is 2.75. The summed E-state index contributed by atoms with van der Waals surface area (Å²) in [6.07, 6.45) is 0. The summed E-state index contributed by atoms with van der Waals surface area (Å²) < 4.78 is 6.10. The Hall–Kier alpha value is -4.12. The number of aryl methyl sites for hydroxylation is 4. The van der Waals surface area contributed by atoms with Crippen LogP contribution in [0.15, 0.2) is 66.7 Å². The van der Waals surface area contributed by atoms with Crippen LogP contribution in [0.25, 0.3) is 0 Å². The molecule has 0 aliphatic rings. The lowest BCUT2D eigenvalue weighted by Crippen LogP contribution is -2.13. The first-order chi connectivity index (χ1) is 16.2. The summed E-state index contributed by atoms with van der Waals surface area (Å²) in [6.45, 7) is 9.53. The monoisotopic (exact) mass is 455 g/mol. The van der Waals surface area contributed by atoms with Crippen LogP contribution in [-0.2, 0) is 0 Å². The second-order valence-corrected chi connectivity index (χ2v) is 8.73. The van der Waals surface area contributed by atoms with Crippen LogP contribution in [0.3, 0.4) is 0 Å². The molecule has 0 unspecified atom stereocenters. The Bertz CT molecular complexity index is 1270. The maximum Gasteiger partial charge on any atom is 0.140 e. The van der Waals surface area contributed by atoms with E-state index >= 15 is 0 Å². The summed E-state index contributed by atoms with van der Waals surface area (Å²) in [5, 5.41) is 32.0. The van der Waals surface area contributed by atoms with E-state index in [0.29, 0.717) is 34.1 Å². The van der Waals surface area contributed by atoms with Gasteiger partial charge < -0.3 is 25.0 Å². The van der Waals surface area contributed by atoms with Crippen molar-refractivity contribution in [3.05, 3.63) is 94.5 Å². The Kier molecular flexibility index (Phi) is 6.12. The molecule has 5 heteroatoms. The van der Waals surface area contributed by atoms with Gasteiger partial charge in [0.1, 0.15) is 28.7 Å². The molecule has 0 aliphatic carbocycles. The number of anilines is 3. The van der Waals surface area contributed by atoms with Crippen LogP contribution in [0.5, 0.6) is 28.7 Å². The Morgan fingerprint density at radius 1 is 0.618 bits per heavy atom. The lowest BCUT2D eigenvalue weighted by Gasteiger charge is -2.30. The smallest absolute Gasteiger partial charge is 0.140 e. The Balaban J connectivity index is 1.91. The molecule has 0 aliphatic heterocycles. The molecule has 5 nitrogen and oxygen atoms in total. The predicted molar refractivity (Wildman–Crippen MR) is 136 cm³/mol. The fourth-order valence-corrected chi connectivity index (χ4v) is 4.35. The zero-order chi connectivity index (χ0) is 24.6. The largest absolute Gasteiger partial charge is 0.508 e. The topological polar surface area (TPSA) is 73.2 Å². The van der Waals surface area contributed by atoms with Gasteiger partial charge in [0.15, 0.2) is 0 Å². The standard InChI is InChI=1S/C29H29NO4/c1-17-12-19(3)28(25(32)14-17)30(29-20(4)13-18(2)15-26(29)33)22-8-6-9-23(16-22)34-27-11-7-10-24(31)21(27)5/h6-16,31-33H,1-5H3. The molecular weight excluding hydrogens is 426 g/mol. The second-order valence-electron chi connectivity index (χ2n) is 8.73. The minimum absolute atomic E-state index is 0.118. The van der Waals surface area contributed by atoms with Gasteiger partial charge in [-0.2, -0.15) is 0 Å². The summed E-state index contributed by atoms with van der Waals surface area (Å²) >= 11 is 0. The van der Waals surface area contributed by atoms with E-state index in [2.05, 4.69) is 0 Å². The number of rotatable bonds is 5. The number of phenols is 3. The summed E-state index contributed by atoms with van der Waals surface area (Å²) in [4.78, 5) is 1.86. The van der Waals surface area contributed by atoms with E-state index in [0.717, 1.165) is 22.3 Å². The molecule has 0 atom stereocenters. The molecule has 0 amide bonds. The molecule has 34 heavy (non-hydrogen) atoms. The molecule has 0 fully saturated rings. The summed E-state index contributed by atoms with van der Waals surface area (Å²) in [5.41, 5.74) is 6.14. The van der Waals surface area contributed by atoms with E-state index in [-0.39, 0.29) is 17.2 Å². The third kappa shape index (κ3) is 4.37. The van der Waals surface area contributed by atoms with E-state index in [9.17, 15) is 15.3 Å². The lowest BCUT2D eigenvalue weighted by atomic mass is 10.0. The van der Waals surface area contributed by atoms with Crippen LogP contribution in [0.4, 0.5) is 17.1 Å². The highest BCUT2D eigenvalue weighted by atomic mass is 16.5. The number of benzene rings is 4. The van der Waals surface area contributed by atoms with Gasteiger partial charge in [-0.1, -0.05) is 24.3 Å². The number of phenolic OH excluding ortho intramolecular Hbond substituents is 3. The Morgan fingerprint density at radius 3 is 1.74 bits per heavy atom. The van der Waals surface area contributed by atoms with Crippen LogP contribution >= 0.6 is 0 Å². The van der Waals surface area contributed by atoms with Crippen molar-refractivity contribution in [2.24, 2.45) is 0 Å². The first kappa shape index (κ1) is 23.1. The summed E-state index contributed by atoms with van der Waals surface area (Å²) in [7, 11) is 0. The van der Waals surface area contributed by atoms with Crippen molar-refractivity contribution in [1.29, 1.82) is 0 Å². The van der Waals surface area contributed by atoms with Crippen LogP contribution in [0.1, 0.15) is 27.8 Å². The molecule has 4 aromatic carbocycles. The number of aromatic hydroxyl groups is 3. The fraction of sp³-hybridized carbons (Fsp3) is 0.172. The Labute approximate surface area is 200 Å². The van der Waals surface area contributed by atoms with Crippen molar-refractivity contribution in [1.82, 2.24) is 0 Å². The SMILES string of the molecule is Cc1cc(C)c(N(c2cccc(Oc3cccc(O)c3C)c2)c2c(C)cc(C)cc2O)c(O)c1. The Morgan fingerprint density at radius 2 is 1.18 bits per heavy atom. The van der Waals surface area contributed by atoms with Crippen molar-refractivity contribution < 1.29 is 20.1 Å². The van der Waals surface area contributed by atoms with Gasteiger partial charge in [0, 0.05) is 11.6 Å². The third-order valence-electron chi connectivity index (χ3n) is 5.86. The van der Waals surface area contributed by atoms with Crippen molar-refractivity contribution in [3.63, 3.8) is 0 Å². The molecule has 174 valence electrons. The molecule has 4 rings (SSSR count). The molecule has 4 aromatic rings. The van der Waals surface area contributed by atoms with E-state index < -0.39 is 0 Å². The molecule has 0 bridgehead atoms. The minimum atomic E-state index is 0.118. The van der Waals surface area contributed by atoms with Crippen LogP contribution in [-0.4, -0.2) is 15.3 Å². The van der Waals surface area contributed by atoms with Gasteiger partial charge in [-0.15, -0.1) is 0 Å². The maximum absolute atomic E-state index is 11.0. The number of hydrogen-bond donors (Lipinski definition) is 3. The fourth-order valence-electron chi connectivity index (χ4n) is 4.35. The van der Waals surface area contributed by atoms with E-state index in [1.54, 1.807) is 37.3 Å². The molecule has 0 spiro atoms. The van der Waals surface area contributed by atoms with Crippen molar-refractivity contribution >= 4 is 17.1 Å². The second kappa shape index (κ2) is 9.02. The normalized spacial score (nSPS) is 10.9. The number of ether oxygens (including phenoxy) is 1. The zero-order valence-corrected chi connectivity index (χ0v) is 20.0. The van der Waals surface area contributed by atoms with Crippen molar-refractivity contribution in [2.45, 2.75) is 34.6 Å². The van der Waals surface area contributed by atoms with Crippen LogP contribution < -0.4 is 9.64 Å². The van der Waals surface area contributed by atoms with Gasteiger partial charge in [-0.3, -0.25) is 0 Å². The summed E-state index contributed by atoms with van der Waals surface area (Å²) in [5.74, 6) is 1.51. The van der Waals surface area contributed by atoms with Crippen molar-refractivity contribution in [3.8, 4) is 28.7 Å². The first-order valence-corrected chi connectivity index (χ1v) is 11.1. The summed E-state index contributed by atoms with van der Waals surface area (Å²) in [6, 6.07) is 20.0. The highest BCUT2D eigenvalue weighted by Crippen LogP contribution is 2.48.